The van der Waals surface area contributed by atoms with Gasteiger partial charge in [-0.25, -0.2) is 0 Å². The van der Waals surface area contributed by atoms with E-state index in [2.05, 4.69) is 5.16 Å². The molecule has 5 nitrogen and oxygen atoms in total. The van der Waals surface area contributed by atoms with Crippen LogP contribution >= 0.6 is 0 Å². The van der Waals surface area contributed by atoms with Gasteiger partial charge in [0.2, 0.25) is 5.91 Å². The number of carbonyl (C=O) groups is 1. The Labute approximate surface area is 107 Å². The molecule has 1 saturated carbocycles. The van der Waals surface area contributed by atoms with Gasteiger partial charge in [-0.3, -0.25) is 4.79 Å². The number of aryl methyl sites for hydroxylation is 2. The van der Waals surface area contributed by atoms with Crippen LogP contribution in [0.4, 0.5) is 0 Å². The minimum absolute atomic E-state index is 0.0353. The van der Waals surface area contributed by atoms with Crippen LogP contribution in [0.1, 0.15) is 36.3 Å². The molecule has 0 atom stereocenters. The largest absolute Gasteiger partial charge is 0.395 e. The first-order chi connectivity index (χ1) is 8.63. The van der Waals surface area contributed by atoms with Gasteiger partial charge in [-0.15, -0.1) is 0 Å². The third-order valence-corrected chi connectivity index (χ3v) is 3.42. The van der Waals surface area contributed by atoms with Gasteiger partial charge in [0.05, 0.1) is 12.3 Å². The van der Waals surface area contributed by atoms with Crippen LogP contribution in [0.3, 0.4) is 0 Å². The summed E-state index contributed by atoms with van der Waals surface area (Å²) in [6.45, 7) is 4.24. The van der Waals surface area contributed by atoms with Gasteiger partial charge >= 0.3 is 0 Å². The van der Waals surface area contributed by atoms with Crippen LogP contribution in [0, 0.1) is 13.8 Å². The second kappa shape index (κ2) is 5.52. The van der Waals surface area contributed by atoms with E-state index in [1.54, 1.807) is 4.90 Å². The van der Waals surface area contributed by atoms with Crippen molar-refractivity contribution in [3.63, 3.8) is 0 Å². The molecular formula is C13H20N2O3. The van der Waals surface area contributed by atoms with E-state index in [1.807, 2.05) is 13.8 Å². The second-order valence-electron chi connectivity index (χ2n) is 4.84. The number of amides is 1. The molecular weight excluding hydrogens is 232 g/mol. The van der Waals surface area contributed by atoms with E-state index in [4.69, 9.17) is 9.63 Å². The van der Waals surface area contributed by atoms with Crippen LogP contribution in [0.25, 0.3) is 0 Å². The molecule has 1 aliphatic rings. The summed E-state index contributed by atoms with van der Waals surface area (Å²) in [5, 5.41) is 12.9. The van der Waals surface area contributed by atoms with Crippen LogP contribution in [0.5, 0.6) is 0 Å². The summed E-state index contributed by atoms with van der Waals surface area (Å²) in [6.07, 6.45) is 3.25. The molecule has 0 unspecified atom stereocenters. The normalized spacial score (nSPS) is 14.8. The van der Waals surface area contributed by atoms with Gasteiger partial charge in [0.15, 0.2) is 0 Å². The molecule has 0 aromatic carbocycles. The molecule has 1 amide bonds. The highest BCUT2D eigenvalue weighted by Gasteiger charge is 2.31. The molecule has 0 spiro atoms. The van der Waals surface area contributed by atoms with Crippen LogP contribution in [0.2, 0.25) is 0 Å². The SMILES string of the molecule is Cc1noc(C)c1CCC(=O)N(CCO)C1CC1. The Hall–Kier alpha value is -1.36. The number of hydrogen-bond donors (Lipinski definition) is 1. The fourth-order valence-corrected chi connectivity index (χ4v) is 2.24. The lowest BCUT2D eigenvalue weighted by molar-refractivity contribution is -0.132. The fourth-order valence-electron chi connectivity index (χ4n) is 2.24. The third kappa shape index (κ3) is 2.90. The summed E-state index contributed by atoms with van der Waals surface area (Å²) >= 11 is 0. The van der Waals surface area contributed by atoms with E-state index in [-0.39, 0.29) is 12.5 Å². The molecule has 1 N–H and O–H groups in total. The van der Waals surface area contributed by atoms with Crippen LogP contribution in [0.15, 0.2) is 4.52 Å². The zero-order valence-corrected chi connectivity index (χ0v) is 11.0. The molecule has 100 valence electrons. The van der Waals surface area contributed by atoms with Crippen LogP contribution < -0.4 is 0 Å². The zero-order valence-electron chi connectivity index (χ0n) is 11.0. The maximum absolute atomic E-state index is 12.1. The Morgan fingerprint density at radius 3 is 2.72 bits per heavy atom. The molecule has 2 rings (SSSR count). The molecule has 0 bridgehead atoms. The van der Waals surface area contributed by atoms with Crippen molar-refractivity contribution in [3.8, 4) is 0 Å². The molecule has 1 heterocycles. The van der Waals surface area contributed by atoms with Gasteiger partial charge in [-0.2, -0.15) is 0 Å². The summed E-state index contributed by atoms with van der Waals surface area (Å²) in [6, 6.07) is 0.356. The average molecular weight is 252 g/mol. The minimum Gasteiger partial charge on any atom is -0.395 e. The van der Waals surface area contributed by atoms with Crippen molar-refractivity contribution in [1.82, 2.24) is 10.1 Å². The van der Waals surface area contributed by atoms with Crippen LogP contribution in [-0.4, -0.2) is 40.3 Å². The number of aliphatic hydroxyl groups excluding tert-OH is 1. The first-order valence-electron chi connectivity index (χ1n) is 6.45. The first-order valence-corrected chi connectivity index (χ1v) is 6.45. The van der Waals surface area contributed by atoms with Crippen molar-refractivity contribution >= 4 is 5.91 Å². The minimum atomic E-state index is 0.0353. The molecule has 1 aromatic rings. The Balaban J connectivity index is 1.90. The van der Waals surface area contributed by atoms with E-state index < -0.39 is 0 Å². The van der Waals surface area contributed by atoms with E-state index in [9.17, 15) is 4.79 Å². The van der Waals surface area contributed by atoms with Crippen LogP contribution in [-0.2, 0) is 11.2 Å². The molecule has 0 radical (unpaired) electrons. The summed E-state index contributed by atoms with van der Waals surface area (Å²) in [7, 11) is 0. The molecule has 18 heavy (non-hydrogen) atoms. The molecule has 1 aromatic heterocycles. The number of hydrogen-bond acceptors (Lipinski definition) is 4. The van der Waals surface area contributed by atoms with Gasteiger partial charge in [-0.1, -0.05) is 5.16 Å². The quantitative estimate of drug-likeness (QED) is 0.826. The Morgan fingerprint density at radius 1 is 1.50 bits per heavy atom. The highest BCUT2D eigenvalue weighted by atomic mass is 16.5. The molecule has 5 heteroatoms. The predicted octanol–water partition coefficient (Wildman–Crippen LogP) is 1.21. The lowest BCUT2D eigenvalue weighted by Gasteiger charge is -2.21. The van der Waals surface area contributed by atoms with Gasteiger partial charge in [0.25, 0.3) is 0 Å². The summed E-state index contributed by atoms with van der Waals surface area (Å²) in [4.78, 5) is 13.9. The molecule has 0 aliphatic heterocycles. The number of aromatic nitrogens is 1. The standard InChI is InChI=1S/C13H20N2O3/c1-9-12(10(2)18-14-9)5-6-13(17)15(7-8-16)11-3-4-11/h11,16H,3-8H2,1-2H3. The molecule has 0 saturated heterocycles. The van der Waals surface area contributed by atoms with Crippen molar-refractivity contribution in [2.24, 2.45) is 0 Å². The van der Waals surface area contributed by atoms with Crippen molar-refractivity contribution in [3.05, 3.63) is 17.0 Å². The van der Waals surface area contributed by atoms with Crippen molar-refractivity contribution < 1.29 is 14.4 Å². The highest BCUT2D eigenvalue weighted by molar-refractivity contribution is 5.77. The molecule has 1 fully saturated rings. The Kier molecular flexibility index (Phi) is 4.01. The zero-order chi connectivity index (χ0) is 13.1. The lowest BCUT2D eigenvalue weighted by atomic mass is 10.1. The summed E-state index contributed by atoms with van der Waals surface area (Å²) in [5.74, 6) is 0.909. The number of aliphatic hydroxyl groups is 1. The van der Waals surface area contributed by atoms with Gasteiger partial charge < -0.3 is 14.5 Å². The van der Waals surface area contributed by atoms with E-state index in [0.29, 0.717) is 25.4 Å². The third-order valence-electron chi connectivity index (χ3n) is 3.42. The average Bonchev–Trinajstić information content (AvgIpc) is 3.12. The topological polar surface area (TPSA) is 66.6 Å². The lowest BCUT2D eigenvalue weighted by Crippen LogP contribution is -2.35. The number of rotatable bonds is 6. The highest BCUT2D eigenvalue weighted by Crippen LogP contribution is 2.27. The van der Waals surface area contributed by atoms with Crippen molar-refractivity contribution in [1.29, 1.82) is 0 Å². The predicted molar refractivity (Wildman–Crippen MR) is 66.1 cm³/mol. The summed E-state index contributed by atoms with van der Waals surface area (Å²) in [5.41, 5.74) is 1.89. The molecule has 1 aliphatic carbocycles. The van der Waals surface area contributed by atoms with E-state index >= 15 is 0 Å². The maximum Gasteiger partial charge on any atom is 0.223 e. The van der Waals surface area contributed by atoms with E-state index in [0.717, 1.165) is 29.9 Å². The van der Waals surface area contributed by atoms with Crippen molar-refractivity contribution in [2.75, 3.05) is 13.2 Å². The second-order valence-corrected chi connectivity index (χ2v) is 4.84. The Morgan fingerprint density at radius 2 is 2.22 bits per heavy atom. The van der Waals surface area contributed by atoms with Gasteiger partial charge in [-0.05, 0) is 33.1 Å². The number of carbonyl (C=O) groups excluding carboxylic acids is 1. The van der Waals surface area contributed by atoms with Gasteiger partial charge in [0, 0.05) is 24.6 Å². The van der Waals surface area contributed by atoms with Crippen molar-refractivity contribution in [2.45, 2.75) is 45.6 Å². The number of nitrogens with zero attached hydrogens (tertiary/aromatic N) is 2. The smallest absolute Gasteiger partial charge is 0.223 e. The first kappa shape index (κ1) is 13.1. The maximum atomic E-state index is 12.1. The van der Waals surface area contributed by atoms with Gasteiger partial charge in [0.1, 0.15) is 5.76 Å². The van der Waals surface area contributed by atoms with E-state index in [1.165, 1.54) is 0 Å². The Bertz CT molecular complexity index is 404. The fraction of sp³-hybridized carbons (Fsp3) is 0.692. The monoisotopic (exact) mass is 252 g/mol. The summed E-state index contributed by atoms with van der Waals surface area (Å²) < 4.78 is 5.08.